The van der Waals surface area contributed by atoms with Crippen molar-refractivity contribution < 1.29 is 9.53 Å². The summed E-state index contributed by atoms with van der Waals surface area (Å²) in [6.45, 7) is 0.346. The van der Waals surface area contributed by atoms with E-state index in [9.17, 15) is 9.59 Å². The lowest BCUT2D eigenvalue weighted by Crippen LogP contribution is -2.24. The number of pyridine rings is 1. The summed E-state index contributed by atoms with van der Waals surface area (Å²) in [5.74, 6) is 0.430. The second-order valence-electron chi connectivity index (χ2n) is 5.27. The normalized spacial score (nSPS) is 10.6. The molecule has 0 radical (unpaired) electrons. The zero-order valence-corrected chi connectivity index (χ0v) is 14.5. The van der Waals surface area contributed by atoms with E-state index in [1.54, 1.807) is 13.2 Å². The maximum atomic E-state index is 12.5. The van der Waals surface area contributed by atoms with E-state index in [2.05, 4.69) is 26.2 Å². The average molecular weight is 387 g/mol. The minimum atomic E-state index is -0.309. The van der Waals surface area contributed by atoms with Crippen LogP contribution in [0.3, 0.4) is 0 Å². The van der Waals surface area contributed by atoms with Gasteiger partial charge in [0.25, 0.3) is 5.91 Å². The number of rotatable bonds is 4. The van der Waals surface area contributed by atoms with Gasteiger partial charge >= 0.3 is 0 Å². The Morgan fingerprint density at radius 2 is 2.04 bits per heavy atom. The predicted octanol–water partition coefficient (Wildman–Crippen LogP) is 3.23. The highest BCUT2D eigenvalue weighted by atomic mass is 79.9. The van der Waals surface area contributed by atoms with Gasteiger partial charge in [-0.1, -0.05) is 28.1 Å². The number of amides is 1. The van der Waals surface area contributed by atoms with Gasteiger partial charge in [-0.05, 0) is 35.9 Å². The summed E-state index contributed by atoms with van der Waals surface area (Å²) in [5, 5.41) is 3.53. The Kier molecular flexibility index (Phi) is 4.66. The van der Waals surface area contributed by atoms with Gasteiger partial charge in [-0.15, -0.1) is 0 Å². The molecule has 0 saturated heterocycles. The Hall–Kier alpha value is -2.60. The number of carbonyl (C=O) groups is 1. The van der Waals surface area contributed by atoms with E-state index in [0.717, 1.165) is 15.8 Å². The van der Waals surface area contributed by atoms with Crippen molar-refractivity contribution in [3.05, 3.63) is 74.5 Å². The predicted molar refractivity (Wildman–Crippen MR) is 96.4 cm³/mol. The molecule has 0 aliphatic heterocycles. The third-order valence-corrected chi connectivity index (χ3v) is 4.13. The maximum Gasteiger partial charge on any atom is 0.252 e. The Morgan fingerprint density at radius 1 is 1.21 bits per heavy atom. The van der Waals surface area contributed by atoms with Gasteiger partial charge in [0.05, 0.1) is 12.7 Å². The lowest BCUT2D eigenvalue weighted by molar-refractivity contribution is 0.0952. The average Bonchev–Trinajstić information content (AvgIpc) is 2.59. The summed E-state index contributed by atoms with van der Waals surface area (Å²) in [5.41, 5.74) is 1.57. The maximum absolute atomic E-state index is 12.5. The molecular formula is C18H15BrN2O3. The van der Waals surface area contributed by atoms with Crippen molar-refractivity contribution in [3.8, 4) is 5.75 Å². The van der Waals surface area contributed by atoms with Gasteiger partial charge in [0.1, 0.15) is 5.75 Å². The zero-order chi connectivity index (χ0) is 17.1. The summed E-state index contributed by atoms with van der Waals surface area (Å²) >= 11 is 3.39. The van der Waals surface area contributed by atoms with E-state index in [0.29, 0.717) is 23.0 Å². The van der Waals surface area contributed by atoms with E-state index in [1.807, 2.05) is 36.4 Å². The van der Waals surface area contributed by atoms with E-state index in [4.69, 9.17) is 4.74 Å². The van der Waals surface area contributed by atoms with E-state index in [-0.39, 0.29) is 11.5 Å². The Morgan fingerprint density at radius 3 is 2.83 bits per heavy atom. The van der Waals surface area contributed by atoms with Crippen LogP contribution in [-0.4, -0.2) is 18.0 Å². The molecule has 6 heteroatoms. The molecule has 0 saturated carbocycles. The quantitative estimate of drug-likeness (QED) is 0.722. The smallest absolute Gasteiger partial charge is 0.252 e. The monoisotopic (exact) mass is 386 g/mol. The molecule has 2 N–H and O–H groups in total. The topological polar surface area (TPSA) is 71.2 Å². The molecule has 24 heavy (non-hydrogen) atoms. The second-order valence-corrected chi connectivity index (χ2v) is 6.19. The van der Waals surface area contributed by atoms with Crippen LogP contribution in [0.1, 0.15) is 15.9 Å². The Bertz CT molecular complexity index is 966. The van der Waals surface area contributed by atoms with Gasteiger partial charge in [-0.2, -0.15) is 0 Å². The van der Waals surface area contributed by atoms with Gasteiger partial charge in [0.2, 0.25) is 5.56 Å². The van der Waals surface area contributed by atoms with Crippen LogP contribution in [0, 0.1) is 0 Å². The van der Waals surface area contributed by atoms with Crippen molar-refractivity contribution in [2.75, 3.05) is 7.11 Å². The largest absolute Gasteiger partial charge is 0.497 e. The number of H-pyrrole nitrogens is 1. The molecule has 1 heterocycles. The standard InChI is InChI=1S/C18H15BrN2O3/c1-24-13-4-2-3-11(7-13)10-20-18(23)15-9-17(22)21-16-6-5-12(19)8-14(15)16/h2-9H,10H2,1H3,(H,20,23)(H,21,22). The molecule has 1 aromatic heterocycles. The third-order valence-electron chi connectivity index (χ3n) is 3.64. The molecule has 0 atom stereocenters. The van der Waals surface area contributed by atoms with Crippen LogP contribution in [0.2, 0.25) is 0 Å². The molecule has 5 nitrogen and oxygen atoms in total. The number of benzene rings is 2. The SMILES string of the molecule is COc1cccc(CNC(=O)c2cc(=O)[nH]c3ccc(Br)cc23)c1. The molecule has 1 amide bonds. The first-order chi connectivity index (χ1) is 11.6. The molecule has 0 bridgehead atoms. The van der Waals surface area contributed by atoms with Crippen molar-refractivity contribution in [1.82, 2.24) is 10.3 Å². The van der Waals surface area contributed by atoms with Crippen molar-refractivity contribution >= 4 is 32.7 Å². The molecule has 0 spiro atoms. The number of methoxy groups -OCH3 is 1. The minimum Gasteiger partial charge on any atom is -0.497 e. The molecule has 3 aromatic rings. The molecule has 0 aliphatic rings. The molecule has 2 aromatic carbocycles. The number of halogens is 1. The first kappa shape index (κ1) is 16.3. The molecule has 0 fully saturated rings. The fourth-order valence-electron chi connectivity index (χ4n) is 2.47. The van der Waals surface area contributed by atoms with Gasteiger partial charge in [0, 0.05) is 28.0 Å². The Labute approximate surface area is 146 Å². The van der Waals surface area contributed by atoms with Crippen molar-refractivity contribution in [2.45, 2.75) is 6.54 Å². The van der Waals surface area contributed by atoms with Crippen molar-refractivity contribution in [1.29, 1.82) is 0 Å². The van der Waals surface area contributed by atoms with Crippen LogP contribution in [0.5, 0.6) is 5.75 Å². The molecule has 122 valence electrons. The zero-order valence-electron chi connectivity index (χ0n) is 12.9. The Balaban J connectivity index is 1.88. The van der Waals surface area contributed by atoms with Gasteiger partial charge in [0.15, 0.2) is 0 Å². The van der Waals surface area contributed by atoms with Gasteiger partial charge in [-0.25, -0.2) is 0 Å². The van der Waals surface area contributed by atoms with Crippen LogP contribution in [-0.2, 0) is 6.54 Å². The minimum absolute atomic E-state index is 0.299. The van der Waals surface area contributed by atoms with Crippen LogP contribution in [0.15, 0.2) is 57.8 Å². The van der Waals surface area contributed by atoms with E-state index in [1.165, 1.54) is 6.07 Å². The summed E-state index contributed by atoms with van der Waals surface area (Å²) in [7, 11) is 1.60. The molecule has 3 rings (SSSR count). The lowest BCUT2D eigenvalue weighted by atomic mass is 10.1. The summed E-state index contributed by atoms with van der Waals surface area (Å²) in [6.07, 6.45) is 0. The number of fused-ring (bicyclic) bond motifs is 1. The van der Waals surface area contributed by atoms with Crippen molar-refractivity contribution in [3.63, 3.8) is 0 Å². The number of nitrogens with one attached hydrogen (secondary N) is 2. The molecular weight excluding hydrogens is 372 g/mol. The van der Waals surface area contributed by atoms with E-state index >= 15 is 0 Å². The first-order valence-corrected chi connectivity index (χ1v) is 8.10. The highest BCUT2D eigenvalue weighted by molar-refractivity contribution is 9.10. The number of aromatic nitrogens is 1. The van der Waals surface area contributed by atoms with E-state index < -0.39 is 0 Å². The third kappa shape index (κ3) is 3.49. The number of carbonyl (C=O) groups excluding carboxylic acids is 1. The highest BCUT2D eigenvalue weighted by Gasteiger charge is 2.12. The first-order valence-electron chi connectivity index (χ1n) is 7.30. The van der Waals surface area contributed by atoms with Crippen molar-refractivity contribution in [2.24, 2.45) is 0 Å². The van der Waals surface area contributed by atoms with Crippen LogP contribution in [0.25, 0.3) is 10.9 Å². The number of aromatic amines is 1. The fourth-order valence-corrected chi connectivity index (χ4v) is 2.83. The van der Waals surface area contributed by atoms with Gasteiger partial charge < -0.3 is 15.0 Å². The lowest BCUT2D eigenvalue weighted by Gasteiger charge is -2.09. The number of hydrogen-bond acceptors (Lipinski definition) is 3. The summed E-state index contributed by atoms with van der Waals surface area (Å²) in [6, 6.07) is 14.2. The molecule has 0 unspecified atom stereocenters. The fraction of sp³-hybridized carbons (Fsp3) is 0.111. The van der Waals surface area contributed by atoms with Crippen LogP contribution >= 0.6 is 15.9 Å². The number of ether oxygens (including phenoxy) is 1. The molecule has 0 aliphatic carbocycles. The highest BCUT2D eigenvalue weighted by Crippen LogP contribution is 2.20. The second kappa shape index (κ2) is 6.88. The summed E-state index contributed by atoms with van der Waals surface area (Å²) in [4.78, 5) is 27.1. The van der Waals surface area contributed by atoms with Crippen LogP contribution < -0.4 is 15.6 Å². The van der Waals surface area contributed by atoms with Crippen LogP contribution in [0.4, 0.5) is 0 Å². The summed E-state index contributed by atoms with van der Waals surface area (Å²) < 4.78 is 6.01. The van der Waals surface area contributed by atoms with Gasteiger partial charge in [-0.3, -0.25) is 9.59 Å². The number of hydrogen-bond donors (Lipinski definition) is 2.